The Balaban J connectivity index is 2.42. The van der Waals surface area contributed by atoms with Gasteiger partial charge in [0.15, 0.2) is 0 Å². The van der Waals surface area contributed by atoms with Gasteiger partial charge in [-0.2, -0.15) is 0 Å². The summed E-state index contributed by atoms with van der Waals surface area (Å²) in [6.07, 6.45) is 3.64. The van der Waals surface area contributed by atoms with Crippen LogP contribution < -0.4 is 5.32 Å². The van der Waals surface area contributed by atoms with Crippen LogP contribution in [0.1, 0.15) is 32.6 Å². The van der Waals surface area contributed by atoms with Crippen LogP contribution in [0, 0.1) is 11.8 Å². The summed E-state index contributed by atoms with van der Waals surface area (Å²) >= 11 is 0. The Morgan fingerprint density at radius 2 is 1.88 bits per heavy atom. The lowest BCUT2D eigenvalue weighted by Crippen LogP contribution is -2.46. The van der Waals surface area contributed by atoms with Crippen LogP contribution in [0.3, 0.4) is 0 Å². The topological polar surface area (TPSA) is 86.6 Å². The van der Waals surface area contributed by atoms with E-state index in [0.29, 0.717) is 5.92 Å². The first-order valence-electron chi connectivity index (χ1n) is 5.68. The second-order valence-electron chi connectivity index (χ2n) is 4.54. The van der Waals surface area contributed by atoms with Crippen molar-refractivity contribution in [2.45, 2.75) is 38.6 Å². The number of hydrogen-bond donors (Lipinski definition) is 3. The van der Waals surface area contributed by atoms with Crippen molar-refractivity contribution < 1.29 is 19.8 Å². The van der Waals surface area contributed by atoms with Gasteiger partial charge in [-0.3, -0.25) is 4.79 Å². The molecule has 16 heavy (non-hydrogen) atoms. The first kappa shape index (κ1) is 13.0. The summed E-state index contributed by atoms with van der Waals surface area (Å²) in [4.78, 5) is 22.3. The van der Waals surface area contributed by atoms with E-state index in [4.69, 9.17) is 10.2 Å². The molecule has 5 heteroatoms. The number of rotatable bonds is 4. The Labute approximate surface area is 94.8 Å². The van der Waals surface area contributed by atoms with E-state index in [1.807, 2.05) is 0 Å². The Morgan fingerprint density at radius 1 is 1.31 bits per heavy atom. The molecule has 92 valence electrons. The van der Waals surface area contributed by atoms with Crippen LogP contribution in [0.15, 0.2) is 0 Å². The van der Waals surface area contributed by atoms with Gasteiger partial charge >= 0.3 is 5.97 Å². The molecule has 0 aliphatic heterocycles. The molecule has 1 rings (SSSR count). The van der Waals surface area contributed by atoms with E-state index < -0.39 is 18.6 Å². The fourth-order valence-electron chi connectivity index (χ4n) is 2.00. The summed E-state index contributed by atoms with van der Waals surface area (Å²) in [5, 5.41) is 19.8. The maximum atomic E-state index is 11.7. The standard InChI is InChI=1S/C11H19NO4/c1-7-2-4-8(5-3-7)10(14)12-9(6-13)11(15)16/h7-9,13H,2-6H2,1H3,(H,12,14)(H,15,16). The van der Waals surface area contributed by atoms with Crippen LogP contribution in [-0.4, -0.2) is 34.7 Å². The molecule has 1 atom stereocenters. The first-order valence-corrected chi connectivity index (χ1v) is 5.68. The van der Waals surface area contributed by atoms with Crippen molar-refractivity contribution in [3.8, 4) is 0 Å². The lowest BCUT2D eigenvalue weighted by Gasteiger charge is -2.26. The second kappa shape index (κ2) is 5.84. The van der Waals surface area contributed by atoms with Gasteiger partial charge < -0.3 is 15.5 Å². The largest absolute Gasteiger partial charge is 0.480 e. The minimum Gasteiger partial charge on any atom is -0.480 e. The number of aliphatic hydroxyl groups excluding tert-OH is 1. The predicted octanol–water partition coefficient (Wildman–Crippen LogP) is 0.374. The molecular weight excluding hydrogens is 210 g/mol. The fraction of sp³-hybridized carbons (Fsp3) is 0.818. The van der Waals surface area contributed by atoms with Gasteiger partial charge in [-0.05, 0) is 31.6 Å². The second-order valence-corrected chi connectivity index (χ2v) is 4.54. The van der Waals surface area contributed by atoms with E-state index in [2.05, 4.69) is 12.2 Å². The lowest BCUT2D eigenvalue weighted by atomic mass is 9.82. The highest BCUT2D eigenvalue weighted by Crippen LogP contribution is 2.28. The molecule has 5 nitrogen and oxygen atoms in total. The Hall–Kier alpha value is -1.10. The van der Waals surface area contributed by atoms with Crippen molar-refractivity contribution in [1.29, 1.82) is 0 Å². The van der Waals surface area contributed by atoms with E-state index in [-0.39, 0.29) is 11.8 Å². The van der Waals surface area contributed by atoms with E-state index in [1.54, 1.807) is 0 Å². The molecule has 0 spiro atoms. The molecule has 0 aromatic rings. The molecule has 0 heterocycles. The minimum absolute atomic E-state index is 0.0930. The van der Waals surface area contributed by atoms with Gasteiger partial charge in [0.2, 0.25) is 5.91 Å². The van der Waals surface area contributed by atoms with Crippen LogP contribution >= 0.6 is 0 Å². The molecule has 1 fully saturated rings. The molecule has 0 saturated heterocycles. The van der Waals surface area contributed by atoms with Crippen LogP contribution in [-0.2, 0) is 9.59 Å². The number of aliphatic hydroxyl groups is 1. The molecule has 1 saturated carbocycles. The van der Waals surface area contributed by atoms with E-state index in [0.717, 1.165) is 25.7 Å². The third-order valence-corrected chi connectivity index (χ3v) is 3.18. The molecule has 0 bridgehead atoms. The number of nitrogens with one attached hydrogen (secondary N) is 1. The number of aliphatic carboxylic acids is 1. The quantitative estimate of drug-likeness (QED) is 0.650. The van der Waals surface area contributed by atoms with E-state index in [1.165, 1.54) is 0 Å². The van der Waals surface area contributed by atoms with Gasteiger partial charge in [0.25, 0.3) is 0 Å². The van der Waals surface area contributed by atoms with Crippen LogP contribution in [0.2, 0.25) is 0 Å². The van der Waals surface area contributed by atoms with Gasteiger partial charge in [-0.25, -0.2) is 4.79 Å². The number of carbonyl (C=O) groups is 2. The summed E-state index contributed by atoms with van der Waals surface area (Å²) in [5.41, 5.74) is 0. The molecule has 0 aromatic carbocycles. The first-order chi connectivity index (χ1) is 7.54. The van der Waals surface area contributed by atoms with Crippen molar-refractivity contribution >= 4 is 11.9 Å². The predicted molar refractivity (Wildman–Crippen MR) is 57.8 cm³/mol. The highest BCUT2D eigenvalue weighted by molar-refractivity contribution is 5.85. The highest BCUT2D eigenvalue weighted by Gasteiger charge is 2.27. The van der Waals surface area contributed by atoms with Crippen LogP contribution in [0.4, 0.5) is 0 Å². The van der Waals surface area contributed by atoms with Crippen molar-refractivity contribution in [3.05, 3.63) is 0 Å². The molecule has 0 radical (unpaired) electrons. The maximum absolute atomic E-state index is 11.7. The number of amides is 1. The normalized spacial score (nSPS) is 27.1. The molecule has 1 amide bonds. The zero-order valence-corrected chi connectivity index (χ0v) is 9.48. The van der Waals surface area contributed by atoms with E-state index in [9.17, 15) is 9.59 Å². The number of carboxylic acid groups (broad SMARTS) is 1. The van der Waals surface area contributed by atoms with Gasteiger partial charge in [-0.15, -0.1) is 0 Å². The maximum Gasteiger partial charge on any atom is 0.328 e. The van der Waals surface area contributed by atoms with Crippen molar-refractivity contribution in [2.24, 2.45) is 11.8 Å². The minimum atomic E-state index is -1.19. The summed E-state index contributed by atoms with van der Waals surface area (Å²) in [5.74, 6) is -0.880. The highest BCUT2D eigenvalue weighted by atomic mass is 16.4. The van der Waals surface area contributed by atoms with Crippen molar-refractivity contribution in [1.82, 2.24) is 5.32 Å². The smallest absolute Gasteiger partial charge is 0.328 e. The Bertz CT molecular complexity index is 259. The molecule has 0 aromatic heterocycles. The molecule has 1 aliphatic carbocycles. The third kappa shape index (κ3) is 3.48. The van der Waals surface area contributed by atoms with E-state index >= 15 is 0 Å². The SMILES string of the molecule is CC1CCC(C(=O)NC(CO)C(=O)O)CC1. The number of hydrogen-bond acceptors (Lipinski definition) is 3. The van der Waals surface area contributed by atoms with Gasteiger partial charge in [0.05, 0.1) is 6.61 Å². The summed E-state index contributed by atoms with van der Waals surface area (Å²) in [7, 11) is 0. The van der Waals surface area contributed by atoms with Gasteiger partial charge in [0, 0.05) is 5.92 Å². The lowest BCUT2D eigenvalue weighted by molar-refractivity contribution is -0.143. The van der Waals surface area contributed by atoms with Crippen molar-refractivity contribution in [3.63, 3.8) is 0 Å². The molecular formula is C11H19NO4. The van der Waals surface area contributed by atoms with Gasteiger partial charge in [-0.1, -0.05) is 6.92 Å². The van der Waals surface area contributed by atoms with Crippen LogP contribution in [0.5, 0.6) is 0 Å². The Morgan fingerprint density at radius 3 is 2.31 bits per heavy atom. The summed E-state index contributed by atoms with van der Waals surface area (Å²) < 4.78 is 0. The zero-order valence-electron chi connectivity index (χ0n) is 9.48. The van der Waals surface area contributed by atoms with Gasteiger partial charge in [0.1, 0.15) is 6.04 Å². The monoisotopic (exact) mass is 229 g/mol. The summed E-state index contributed by atoms with van der Waals surface area (Å²) in [6.45, 7) is 1.59. The van der Waals surface area contributed by atoms with Crippen molar-refractivity contribution in [2.75, 3.05) is 6.61 Å². The van der Waals surface area contributed by atoms with Crippen LogP contribution in [0.25, 0.3) is 0 Å². The molecule has 1 unspecified atom stereocenters. The average molecular weight is 229 g/mol. The third-order valence-electron chi connectivity index (χ3n) is 3.18. The molecule has 1 aliphatic rings. The summed E-state index contributed by atoms with van der Waals surface area (Å²) in [6, 6.07) is -1.17. The number of carbonyl (C=O) groups excluding carboxylic acids is 1. The fourth-order valence-corrected chi connectivity index (χ4v) is 2.00. The molecule has 3 N–H and O–H groups in total. The average Bonchev–Trinajstić information content (AvgIpc) is 2.26. The Kier molecular flexibility index (Phi) is 4.73. The zero-order chi connectivity index (χ0) is 12.1. The number of carboxylic acids is 1.